The third-order valence-corrected chi connectivity index (χ3v) is 12.5. The molecule has 0 aromatic carbocycles. The van der Waals surface area contributed by atoms with Crippen LogP contribution in [0.4, 0.5) is 0 Å². The lowest BCUT2D eigenvalue weighted by molar-refractivity contribution is -0.123. The molecule has 2 unspecified atom stereocenters. The molecule has 0 aromatic heterocycles. The molecule has 380 valence electrons. The maximum Gasteiger partial charge on any atom is 0.220 e. The van der Waals surface area contributed by atoms with Crippen LogP contribution in [0.2, 0.25) is 0 Å². The van der Waals surface area contributed by atoms with Gasteiger partial charge >= 0.3 is 0 Å². The number of carbonyl (C=O) groups is 1. The van der Waals surface area contributed by atoms with Crippen LogP contribution in [0.15, 0.2) is 97.2 Å². The van der Waals surface area contributed by atoms with Crippen molar-refractivity contribution in [3.05, 3.63) is 97.2 Å². The highest BCUT2D eigenvalue weighted by Gasteiger charge is 2.18. The van der Waals surface area contributed by atoms with Crippen molar-refractivity contribution in [1.29, 1.82) is 0 Å². The number of unbranched alkanes of at least 4 members (excludes halogenated alkanes) is 30. The Labute approximate surface area is 411 Å². The summed E-state index contributed by atoms with van der Waals surface area (Å²) >= 11 is 0. The van der Waals surface area contributed by atoms with Crippen LogP contribution in [0.5, 0.6) is 0 Å². The Morgan fingerprint density at radius 2 is 0.682 bits per heavy atom. The highest BCUT2D eigenvalue weighted by atomic mass is 16.3. The molecule has 0 spiro atoms. The second-order valence-electron chi connectivity index (χ2n) is 19.0. The van der Waals surface area contributed by atoms with Crippen molar-refractivity contribution < 1.29 is 15.0 Å². The van der Waals surface area contributed by atoms with Crippen molar-refractivity contribution in [2.24, 2.45) is 0 Å². The van der Waals surface area contributed by atoms with Gasteiger partial charge in [0.1, 0.15) is 0 Å². The number of carbonyl (C=O) groups excluding carboxylic acids is 1. The summed E-state index contributed by atoms with van der Waals surface area (Å²) in [7, 11) is 0. The van der Waals surface area contributed by atoms with Crippen LogP contribution < -0.4 is 5.32 Å². The number of aliphatic hydroxyl groups is 2. The first kappa shape index (κ1) is 63.3. The number of allylic oxidation sites excluding steroid dienone is 15. The molecule has 4 heteroatoms. The summed E-state index contributed by atoms with van der Waals surface area (Å²) < 4.78 is 0. The second-order valence-corrected chi connectivity index (χ2v) is 19.0. The van der Waals surface area contributed by atoms with Gasteiger partial charge in [0.15, 0.2) is 0 Å². The van der Waals surface area contributed by atoms with Crippen molar-refractivity contribution in [3.63, 3.8) is 0 Å². The molecule has 0 aliphatic heterocycles. The molecule has 0 heterocycles. The number of hydrogen-bond donors (Lipinski definition) is 3. The van der Waals surface area contributed by atoms with Crippen LogP contribution in [-0.4, -0.2) is 34.9 Å². The molecule has 0 fully saturated rings. The molecule has 66 heavy (non-hydrogen) atoms. The lowest BCUT2D eigenvalue weighted by atomic mass is 10.0. The fourth-order valence-corrected chi connectivity index (χ4v) is 8.24. The van der Waals surface area contributed by atoms with E-state index in [0.29, 0.717) is 6.42 Å². The molecule has 0 aliphatic carbocycles. The zero-order valence-corrected chi connectivity index (χ0v) is 43.7. The third kappa shape index (κ3) is 52.3. The van der Waals surface area contributed by atoms with E-state index in [9.17, 15) is 15.0 Å². The van der Waals surface area contributed by atoms with Crippen LogP contribution in [-0.2, 0) is 4.79 Å². The van der Waals surface area contributed by atoms with E-state index in [1.165, 1.54) is 180 Å². The van der Waals surface area contributed by atoms with E-state index < -0.39 is 12.1 Å². The average molecular weight is 917 g/mol. The van der Waals surface area contributed by atoms with Crippen molar-refractivity contribution in [2.75, 3.05) is 6.61 Å². The highest BCUT2D eigenvalue weighted by molar-refractivity contribution is 5.76. The molecule has 0 rings (SSSR count). The van der Waals surface area contributed by atoms with E-state index in [1.807, 2.05) is 6.08 Å². The van der Waals surface area contributed by atoms with Crippen LogP contribution in [0, 0.1) is 0 Å². The number of hydrogen-bond acceptors (Lipinski definition) is 3. The maximum absolute atomic E-state index is 12.4. The standard InChI is InChI=1S/C62H109NO3/c1-3-5-7-9-11-13-15-17-19-20-21-22-23-24-25-26-27-28-29-30-31-32-33-34-35-36-37-38-39-40-41-42-44-46-48-50-52-54-56-58-62(66)63-60(59-64)61(65)57-55-53-51-49-47-45-43-18-16-14-12-10-8-6-4-2/h5,7,11,13,16-19,21-22,24-25,47,49,55,57,60-61,64-65H,3-4,6,8-10,12,14-15,20,23,26-46,48,50-54,56,58-59H2,1-2H3,(H,63,66)/b7-5-,13-11-,18-16+,19-17-,22-21-,25-24-,49-47+,57-55+. The minimum absolute atomic E-state index is 0.0773. The van der Waals surface area contributed by atoms with Crippen molar-refractivity contribution in [2.45, 2.75) is 283 Å². The summed E-state index contributed by atoms with van der Waals surface area (Å²) in [5, 5.41) is 23.1. The summed E-state index contributed by atoms with van der Waals surface area (Å²) in [5.41, 5.74) is 0. The van der Waals surface area contributed by atoms with Gasteiger partial charge in [0.2, 0.25) is 5.91 Å². The Morgan fingerprint density at radius 1 is 0.379 bits per heavy atom. The Balaban J connectivity index is 3.46. The van der Waals surface area contributed by atoms with E-state index in [1.54, 1.807) is 6.08 Å². The highest BCUT2D eigenvalue weighted by Crippen LogP contribution is 2.16. The lowest BCUT2D eigenvalue weighted by Gasteiger charge is -2.19. The zero-order valence-electron chi connectivity index (χ0n) is 43.7. The molecule has 0 saturated heterocycles. The normalized spacial score (nSPS) is 13.6. The first-order chi connectivity index (χ1) is 32.7. The molecular formula is C62H109NO3. The molecule has 0 bridgehead atoms. The molecule has 0 saturated carbocycles. The number of rotatable bonds is 51. The van der Waals surface area contributed by atoms with Crippen LogP contribution >= 0.6 is 0 Å². The monoisotopic (exact) mass is 916 g/mol. The van der Waals surface area contributed by atoms with E-state index >= 15 is 0 Å². The van der Waals surface area contributed by atoms with Gasteiger partial charge in [0.25, 0.3) is 0 Å². The molecule has 4 nitrogen and oxygen atoms in total. The first-order valence-corrected chi connectivity index (χ1v) is 28.5. The van der Waals surface area contributed by atoms with Gasteiger partial charge < -0.3 is 15.5 Å². The summed E-state index contributed by atoms with van der Waals surface area (Å²) in [6, 6.07) is -0.647. The van der Waals surface area contributed by atoms with Gasteiger partial charge in [-0.1, -0.05) is 272 Å². The minimum atomic E-state index is -0.872. The quantitative estimate of drug-likeness (QED) is 0.0421. The average Bonchev–Trinajstić information content (AvgIpc) is 3.32. The molecule has 0 aromatic rings. The molecule has 3 N–H and O–H groups in total. The molecule has 0 aliphatic rings. The zero-order chi connectivity index (χ0) is 47.7. The number of aliphatic hydroxyl groups excluding tert-OH is 2. The van der Waals surface area contributed by atoms with Crippen LogP contribution in [0.1, 0.15) is 271 Å². The number of nitrogens with one attached hydrogen (secondary N) is 1. The fourth-order valence-electron chi connectivity index (χ4n) is 8.24. The summed E-state index contributed by atoms with van der Waals surface area (Å²) in [5.74, 6) is -0.0773. The van der Waals surface area contributed by atoms with Crippen molar-refractivity contribution in [3.8, 4) is 0 Å². The predicted molar refractivity (Wildman–Crippen MR) is 294 cm³/mol. The fraction of sp³-hybridized carbons (Fsp3) is 0.726. The summed E-state index contributed by atoms with van der Waals surface area (Å²) in [4.78, 5) is 12.4. The third-order valence-electron chi connectivity index (χ3n) is 12.5. The van der Waals surface area contributed by atoms with Crippen molar-refractivity contribution in [1.82, 2.24) is 5.32 Å². The van der Waals surface area contributed by atoms with Gasteiger partial charge in [0, 0.05) is 6.42 Å². The van der Waals surface area contributed by atoms with Gasteiger partial charge in [-0.2, -0.15) is 0 Å². The van der Waals surface area contributed by atoms with Gasteiger partial charge in [-0.15, -0.1) is 0 Å². The Bertz CT molecular complexity index is 1220. The molecular weight excluding hydrogens is 807 g/mol. The Hall–Kier alpha value is -2.69. The molecule has 0 radical (unpaired) electrons. The van der Waals surface area contributed by atoms with E-state index in [-0.39, 0.29) is 12.5 Å². The summed E-state index contributed by atoms with van der Waals surface area (Å²) in [6.45, 7) is 4.17. The smallest absolute Gasteiger partial charge is 0.220 e. The van der Waals surface area contributed by atoms with Gasteiger partial charge in [0.05, 0.1) is 18.8 Å². The van der Waals surface area contributed by atoms with Gasteiger partial charge in [-0.05, 0) is 89.9 Å². The first-order valence-electron chi connectivity index (χ1n) is 28.5. The number of amides is 1. The Morgan fingerprint density at radius 3 is 1.06 bits per heavy atom. The van der Waals surface area contributed by atoms with E-state index in [4.69, 9.17) is 0 Å². The van der Waals surface area contributed by atoms with Gasteiger partial charge in [-0.25, -0.2) is 0 Å². The topological polar surface area (TPSA) is 69.6 Å². The summed E-state index contributed by atoms with van der Waals surface area (Å²) in [6.07, 6.45) is 84.4. The van der Waals surface area contributed by atoms with Gasteiger partial charge in [-0.3, -0.25) is 4.79 Å². The van der Waals surface area contributed by atoms with E-state index in [2.05, 4.69) is 104 Å². The van der Waals surface area contributed by atoms with Crippen LogP contribution in [0.25, 0.3) is 0 Å². The largest absolute Gasteiger partial charge is 0.394 e. The minimum Gasteiger partial charge on any atom is -0.394 e. The van der Waals surface area contributed by atoms with Crippen LogP contribution in [0.3, 0.4) is 0 Å². The lowest BCUT2D eigenvalue weighted by Crippen LogP contribution is -2.45. The SMILES string of the molecule is CC/C=C\C/C=C\C/C=C\C/C=C\C/C=C\CCCCCCCCCCCCCCCCCCCCCCCCCC(=O)NC(CO)C(O)/C=C/CC/C=C/CC/C=C/CCCCCCC. The Kier molecular flexibility index (Phi) is 54.3. The van der Waals surface area contributed by atoms with Crippen molar-refractivity contribution >= 4 is 5.91 Å². The molecule has 1 amide bonds. The predicted octanol–water partition coefficient (Wildman–Crippen LogP) is 18.9. The maximum atomic E-state index is 12.4. The second kappa shape index (κ2) is 56.6. The molecule has 2 atom stereocenters. The van der Waals surface area contributed by atoms with E-state index in [0.717, 1.165) is 70.6 Å².